The van der Waals surface area contributed by atoms with Crippen molar-refractivity contribution in [3.63, 3.8) is 0 Å². The van der Waals surface area contributed by atoms with Gasteiger partial charge in [-0.05, 0) is 35.4 Å². The average molecular weight is 362 g/mol. The van der Waals surface area contributed by atoms with Gasteiger partial charge in [0.15, 0.2) is 0 Å². The van der Waals surface area contributed by atoms with Crippen molar-refractivity contribution in [3.05, 3.63) is 121 Å². The van der Waals surface area contributed by atoms with Gasteiger partial charge in [-0.25, -0.2) is 0 Å². The number of rotatable bonds is 4. The minimum absolute atomic E-state index is 0.922. The predicted molar refractivity (Wildman–Crippen MR) is 117 cm³/mol. The Morgan fingerprint density at radius 3 is 2.21 bits per heavy atom. The molecule has 0 spiro atoms. The van der Waals surface area contributed by atoms with E-state index in [9.17, 15) is 0 Å². The molecule has 1 aliphatic heterocycles. The van der Waals surface area contributed by atoms with E-state index in [0.29, 0.717) is 0 Å². The number of nitrogens with zero attached hydrogens (tertiary/aromatic N) is 2. The third-order valence-corrected chi connectivity index (χ3v) is 5.30. The van der Waals surface area contributed by atoms with Crippen LogP contribution in [0.3, 0.4) is 0 Å². The van der Waals surface area contributed by atoms with E-state index >= 15 is 0 Å². The molecule has 5 rings (SSSR count). The second-order valence-corrected chi connectivity index (χ2v) is 7.16. The fraction of sp³-hybridized carbons (Fsp3) is 0.0769. The molecule has 136 valence electrons. The Bertz CT molecular complexity index is 1150. The lowest BCUT2D eigenvalue weighted by Crippen LogP contribution is -2.19. The molecule has 0 radical (unpaired) electrons. The first-order valence-electron chi connectivity index (χ1n) is 9.71. The van der Waals surface area contributed by atoms with Crippen molar-refractivity contribution in [1.82, 2.24) is 9.47 Å². The molecule has 0 saturated carbocycles. The second-order valence-electron chi connectivity index (χ2n) is 7.16. The standard InChI is InChI=1S/C26H22N2/c1-3-9-21(10-4-1)19-27-17-15-22(16-18-27)25-20-28(23-11-5-2-6-12-23)26-14-8-7-13-24(25)26/h1-17,20H,18-19H2. The van der Waals surface area contributed by atoms with E-state index in [1.807, 2.05) is 0 Å². The van der Waals surface area contributed by atoms with Gasteiger partial charge < -0.3 is 9.47 Å². The highest BCUT2D eigenvalue weighted by Crippen LogP contribution is 2.31. The van der Waals surface area contributed by atoms with Crippen LogP contribution in [0.25, 0.3) is 22.2 Å². The zero-order chi connectivity index (χ0) is 18.8. The zero-order valence-electron chi connectivity index (χ0n) is 15.7. The molecule has 1 aromatic heterocycles. The molecule has 0 atom stereocenters. The third-order valence-electron chi connectivity index (χ3n) is 5.30. The lowest BCUT2D eigenvalue weighted by atomic mass is 10.0. The first kappa shape index (κ1) is 16.6. The number of hydrogen-bond acceptors (Lipinski definition) is 1. The Morgan fingerprint density at radius 2 is 1.46 bits per heavy atom. The molecule has 0 N–H and O–H groups in total. The number of benzene rings is 3. The molecule has 1 aliphatic rings. The minimum Gasteiger partial charge on any atom is -0.369 e. The Labute approximate surface area is 165 Å². The summed E-state index contributed by atoms with van der Waals surface area (Å²) < 4.78 is 2.29. The number of aromatic nitrogens is 1. The molecular weight excluding hydrogens is 340 g/mol. The summed E-state index contributed by atoms with van der Waals surface area (Å²) in [4.78, 5) is 2.34. The van der Waals surface area contributed by atoms with Crippen LogP contribution in [0.15, 0.2) is 109 Å². The molecular formula is C26H22N2. The van der Waals surface area contributed by atoms with Crippen molar-refractivity contribution in [3.8, 4) is 5.69 Å². The van der Waals surface area contributed by atoms with Crippen LogP contribution < -0.4 is 0 Å². The number of allylic oxidation sites excluding steroid dienone is 2. The lowest BCUT2D eigenvalue weighted by Gasteiger charge is -2.22. The van der Waals surface area contributed by atoms with Crippen LogP contribution in [-0.4, -0.2) is 16.0 Å². The molecule has 28 heavy (non-hydrogen) atoms. The molecule has 0 bridgehead atoms. The third kappa shape index (κ3) is 3.14. The van der Waals surface area contributed by atoms with E-state index in [4.69, 9.17) is 0 Å². The summed E-state index contributed by atoms with van der Waals surface area (Å²) in [6.07, 6.45) is 9.06. The van der Waals surface area contributed by atoms with Gasteiger partial charge in [-0.3, -0.25) is 0 Å². The quantitative estimate of drug-likeness (QED) is 0.429. The SMILES string of the molecule is C1=CN(Cc2ccccc2)CC=C1c1cn(-c2ccccc2)c2ccccc12. The summed E-state index contributed by atoms with van der Waals surface area (Å²) in [6.45, 7) is 1.86. The van der Waals surface area contributed by atoms with Gasteiger partial charge in [0.1, 0.15) is 0 Å². The molecule has 0 amide bonds. The van der Waals surface area contributed by atoms with Crippen LogP contribution in [0.1, 0.15) is 11.1 Å². The first-order chi connectivity index (χ1) is 13.9. The summed E-state index contributed by atoms with van der Waals surface area (Å²) in [5, 5.41) is 1.29. The summed E-state index contributed by atoms with van der Waals surface area (Å²) in [5.74, 6) is 0. The van der Waals surface area contributed by atoms with Gasteiger partial charge >= 0.3 is 0 Å². The summed E-state index contributed by atoms with van der Waals surface area (Å²) in [6, 6.07) is 29.8. The van der Waals surface area contributed by atoms with Crippen molar-refractivity contribution >= 4 is 16.5 Å². The van der Waals surface area contributed by atoms with Crippen LogP contribution >= 0.6 is 0 Å². The second kappa shape index (κ2) is 7.24. The largest absolute Gasteiger partial charge is 0.369 e. The monoisotopic (exact) mass is 362 g/mol. The van der Waals surface area contributed by atoms with Crippen LogP contribution in [0.5, 0.6) is 0 Å². The van der Waals surface area contributed by atoms with Crippen molar-refractivity contribution < 1.29 is 0 Å². The van der Waals surface area contributed by atoms with Gasteiger partial charge in [0.05, 0.1) is 5.52 Å². The highest BCUT2D eigenvalue weighted by molar-refractivity contribution is 5.96. The van der Waals surface area contributed by atoms with Gasteiger partial charge in [-0.2, -0.15) is 0 Å². The van der Waals surface area contributed by atoms with Gasteiger partial charge in [0.25, 0.3) is 0 Å². The lowest BCUT2D eigenvalue weighted by molar-refractivity contribution is 0.406. The topological polar surface area (TPSA) is 8.17 Å². The van der Waals surface area contributed by atoms with Crippen LogP contribution in [0.4, 0.5) is 0 Å². The fourth-order valence-electron chi connectivity index (χ4n) is 3.88. The minimum atomic E-state index is 0.922. The average Bonchev–Trinajstić information content (AvgIpc) is 3.15. The Hall–Kier alpha value is -3.52. The van der Waals surface area contributed by atoms with Crippen LogP contribution in [0.2, 0.25) is 0 Å². The molecule has 0 aliphatic carbocycles. The molecule has 4 aromatic rings. The normalized spacial score (nSPS) is 13.7. The molecule has 0 fully saturated rings. The van der Waals surface area contributed by atoms with Gasteiger partial charge in [0.2, 0.25) is 0 Å². The van der Waals surface area contributed by atoms with E-state index < -0.39 is 0 Å². The first-order valence-corrected chi connectivity index (χ1v) is 9.71. The van der Waals surface area contributed by atoms with E-state index in [-0.39, 0.29) is 0 Å². The summed E-state index contributed by atoms with van der Waals surface area (Å²) in [5.41, 5.74) is 6.34. The van der Waals surface area contributed by atoms with Gasteiger partial charge in [-0.1, -0.05) is 72.8 Å². The highest BCUT2D eigenvalue weighted by atomic mass is 15.1. The maximum Gasteiger partial charge on any atom is 0.0534 e. The molecule has 0 saturated heterocycles. The van der Waals surface area contributed by atoms with Crippen LogP contribution in [0, 0.1) is 0 Å². The maximum atomic E-state index is 2.34. The summed E-state index contributed by atoms with van der Waals surface area (Å²) in [7, 11) is 0. The Balaban J connectivity index is 1.47. The maximum absolute atomic E-state index is 2.34. The van der Waals surface area contributed by atoms with Crippen molar-refractivity contribution in [2.45, 2.75) is 6.54 Å². The van der Waals surface area contributed by atoms with E-state index in [2.05, 4.69) is 119 Å². The van der Waals surface area contributed by atoms with Crippen LogP contribution in [-0.2, 0) is 6.54 Å². The van der Waals surface area contributed by atoms with Crippen molar-refractivity contribution in [2.75, 3.05) is 6.54 Å². The Morgan fingerprint density at radius 1 is 0.750 bits per heavy atom. The molecule has 2 nitrogen and oxygen atoms in total. The van der Waals surface area contributed by atoms with E-state index in [1.54, 1.807) is 0 Å². The zero-order valence-corrected chi connectivity index (χ0v) is 15.7. The fourth-order valence-corrected chi connectivity index (χ4v) is 3.88. The summed E-state index contributed by atoms with van der Waals surface area (Å²) >= 11 is 0. The van der Waals surface area contributed by atoms with Crippen molar-refractivity contribution in [1.29, 1.82) is 0 Å². The molecule has 2 heteroatoms. The smallest absolute Gasteiger partial charge is 0.0534 e. The number of fused-ring (bicyclic) bond motifs is 1. The molecule has 3 aromatic carbocycles. The van der Waals surface area contributed by atoms with Gasteiger partial charge in [0, 0.05) is 42.1 Å². The number of para-hydroxylation sites is 2. The van der Waals surface area contributed by atoms with E-state index in [0.717, 1.165) is 13.1 Å². The van der Waals surface area contributed by atoms with Crippen molar-refractivity contribution in [2.24, 2.45) is 0 Å². The molecule has 2 heterocycles. The predicted octanol–water partition coefficient (Wildman–Crippen LogP) is 6.04. The Kier molecular flexibility index (Phi) is 4.30. The van der Waals surface area contributed by atoms with Gasteiger partial charge in [-0.15, -0.1) is 0 Å². The number of hydrogen-bond donors (Lipinski definition) is 0. The van der Waals surface area contributed by atoms with E-state index in [1.165, 1.54) is 33.3 Å². The highest BCUT2D eigenvalue weighted by Gasteiger charge is 2.14. The molecule has 0 unspecified atom stereocenters.